The lowest BCUT2D eigenvalue weighted by atomic mass is 10.1. The molecule has 0 aliphatic carbocycles. The van der Waals surface area contributed by atoms with Crippen molar-refractivity contribution in [2.45, 2.75) is 0 Å². The Morgan fingerprint density at radius 1 is 1.03 bits per heavy atom. The molecule has 5 rings (SSSR count). The normalized spacial score (nSPS) is 15.0. The number of aromatic nitrogens is 3. The van der Waals surface area contributed by atoms with E-state index in [0.29, 0.717) is 24.6 Å². The second-order valence-corrected chi connectivity index (χ2v) is 6.97. The fraction of sp³-hybridized carbons (Fsp3) is 0.174. The van der Waals surface area contributed by atoms with Crippen LogP contribution in [0.1, 0.15) is 11.4 Å². The number of aromatic amines is 1. The van der Waals surface area contributed by atoms with Gasteiger partial charge < -0.3 is 14.6 Å². The van der Waals surface area contributed by atoms with Crippen LogP contribution in [0.15, 0.2) is 54.6 Å². The van der Waals surface area contributed by atoms with Gasteiger partial charge in [0, 0.05) is 24.0 Å². The Labute approximate surface area is 168 Å². The third kappa shape index (κ3) is 3.33. The van der Waals surface area contributed by atoms with Crippen molar-refractivity contribution >= 4 is 39.4 Å². The van der Waals surface area contributed by atoms with E-state index in [4.69, 9.17) is 9.72 Å². The predicted octanol–water partition coefficient (Wildman–Crippen LogP) is 4.01. The Bertz CT molecular complexity index is 1230. The summed E-state index contributed by atoms with van der Waals surface area (Å²) in [5.41, 5.74) is 4.08. The van der Waals surface area contributed by atoms with Gasteiger partial charge in [-0.05, 0) is 30.3 Å². The molecule has 4 aromatic rings. The van der Waals surface area contributed by atoms with Crippen molar-refractivity contribution in [3.05, 3.63) is 66.0 Å². The summed E-state index contributed by atoms with van der Waals surface area (Å²) in [4.78, 5) is 15.0. The molecule has 1 fully saturated rings. The standard InChI is InChI=1S/C23H19N5O/c24-15-18(22-25-20-7-3-4-8-21(20)26-22)14-17-13-16-5-1-2-6-19(16)27-23(17)28-9-11-29-12-10-28/h1-8,13-14H,9-12H2,(H,25,26)/b18-14+. The van der Waals surface area contributed by atoms with E-state index in [1.165, 1.54) is 0 Å². The van der Waals surface area contributed by atoms with Gasteiger partial charge in [-0.3, -0.25) is 0 Å². The van der Waals surface area contributed by atoms with Gasteiger partial charge in [0.05, 0.1) is 35.3 Å². The molecule has 6 heteroatoms. The van der Waals surface area contributed by atoms with Crippen LogP contribution in [0.4, 0.5) is 5.82 Å². The number of hydrogen-bond donors (Lipinski definition) is 1. The van der Waals surface area contributed by atoms with Crippen LogP contribution in [-0.4, -0.2) is 41.3 Å². The summed E-state index contributed by atoms with van der Waals surface area (Å²) in [6.07, 6.45) is 1.88. The van der Waals surface area contributed by atoms with Crippen LogP contribution in [-0.2, 0) is 4.74 Å². The maximum absolute atomic E-state index is 9.85. The van der Waals surface area contributed by atoms with E-state index in [1.54, 1.807) is 0 Å². The monoisotopic (exact) mass is 381 g/mol. The fourth-order valence-corrected chi connectivity index (χ4v) is 3.65. The number of imidazole rings is 1. The Hall–Kier alpha value is -3.69. The topological polar surface area (TPSA) is 77.8 Å². The first-order chi connectivity index (χ1) is 14.3. The first-order valence-electron chi connectivity index (χ1n) is 9.61. The highest BCUT2D eigenvalue weighted by Crippen LogP contribution is 2.28. The second kappa shape index (κ2) is 7.38. The molecule has 142 valence electrons. The molecule has 0 spiro atoms. The van der Waals surface area contributed by atoms with Crippen LogP contribution in [0.2, 0.25) is 0 Å². The number of fused-ring (bicyclic) bond motifs is 2. The zero-order valence-electron chi connectivity index (χ0n) is 15.8. The Morgan fingerprint density at radius 2 is 1.79 bits per heavy atom. The van der Waals surface area contributed by atoms with Gasteiger partial charge in [-0.25, -0.2) is 9.97 Å². The van der Waals surface area contributed by atoms with Crippen LogP contribution in [0.3, 0.4) is 0 Å². The average Bonchev–Trinajstić information content (AvgIpc) is 3.21. The largest absolute Gasteiger partial charge is 0.378 e. The molecule has 0 radical (unpaired) electrons. The van der Waals surface area contributed by atoms with Crippen molar-refractivity contribution in [1.29, 1.82) is 5.26 Å². The molecule has 0 unspecified atom stereocenters. The molecule has 2 aromatic carbocycles. The molecule has 1 aliphatic rings. The molecule has 0 bridgehead atoms. The summed E-state index contributed by atoms with van der Waals surface area (Å²) < 4.78 is 5.50. The van der Waals surface area contributed by atoms with Gasteiger partial charge in [0.1, 0.15) is 17.7 Å². The second-order valence-electron chi connectivity index (χ2n) is 6.97. The van der Waals surface area contributed by atoms with Crippen LogP contribution < -0.4 is 4.90 Å². The van der Waals surface area contributed by atoms with Crippen molar-refractivity contribution in [1.82, 2.24) is 15.0 Å². The van der Waals surface area contributed by atoms with Crippen molar-refractivity contribution < 1.29 is 4.74 Å². The summed E-state index contributed by atoms with van der Waals surface area (Å²) >= 11 is 0. The van der Waals surface area contributed by atoms with Gasteiger partial charge in [-0.1, -0.05) is 30.3 Å². The quantitative estimate of drug-likeness (QED) is 0.543. The smallest absolute Gasteiger partial charge is 0.149 e. The highest BCUT2D eigenvalue weighted by Gasteiger charge is 2.18. The Morgan fingerprint density at radius 3 is 2.59 bits per heavy atom. The van der Waals surface area contributed by atoms with Crippen molar-refractivity contribution in [2.75, 3.05) is 31.2 Å². The highest BCUT2D eigenvalue weighted by molar-refractivity contribution is 5.94. The van der Waals surface area contributed by atoms with Crippen LogP contribution >= 0.6 is 0 Å². The Balaban J connectivity index is 1.66. The summed E-state index contributed by atoms with van der Waals surface area (Å²) in [6.45, 7) is 2.90. The van der Waals surface area contributed by atoms with Gasteiger partial charge in [0.15, 0.2) is 0 Å². The summed E-state index contributed by atoms with van der Waals surface area (Å²) in [7, 11) is 0. The molecule has 1 saturated heterocycles. The van der Waals surface area contributed by atoms with E-state index in [0.717, 1.165) is 46.4 Å². The number of nitrogens with one attached hydrogen (secondary N) is 1. The van der Waals surface area contributed by atoms with Crippen LogP contribution in [0.25, 0.3) is 33.6 Å². The number of rotatable bonds is 3. The van der Waals surface area contributed by atoms with Gasteiger partial charge >= 0.3 is 0 Å². The van der Waals surface area contributed by atoms with Gasteiger partial charge in [0.2, 0.25) is 0 Å². The molecular weight excluding hydrogens is 362 g/mol. The number of benzene rings is 2. The van der Waals surface area contributed by atoms with Crippen molar-refractivity contribution in [3.63, 3.8) is 0 Å². The number of hydrogen-bond acceptors (Lipinski definition) is 5. The minimum Gasteiger partial charge on any atom is -0.378 e. The van der Waals surface area contributed by atoms with Gasteiger partial charge in [0.25, 0.3) is 0 Å². The van der Waals surface area contributed by atoms with E-state index in [1.807, 2.05) is 54.6 Å². The van der Waals surface area contributed by atoms with Crippen molar-refractivity contribution in [3.8, 4) is 6.07 Å². The zero-order valence-corrected chi connectivity index (χ0v) is 15.8. The molecular formula is C23H19N5O. The zero-order chi connectivity index (χ0) is 19.6. The van der Waals surface area contributed by atoms with E-state index in [9.17, 15) is 5.26 Å². The maximum atomic E-state index is 9.85. The molecule has 6 nitrogen and oxygen atoms in total. The molecule has 1 N–H and O–H groups in total. The molecule has 0 amide bonds. The fourth-order valence-electron chi connectivity index (χ4n) is 3.65. The lowest BCUT2D eigenvalue weighted by Crippen LogP contribution is -2.37. The molecule has 2 aromatic heterocycles. The molecule has 29 heavy (non-hydrogen) atoms. The maximum Gasteiger partial charge on any atom is 0.149 e. The van der Waals surface area contributed by atoms with Crippen LogP contribution in [0, 0.1) is 11.3 Å². The van der Waals surface area contributed by atoms with E-state index >= 15 is 0 Å². The van der Waals surface area contributed by atoms with Gasteiger partial charge in [-0.2, -0.15) is 5.26 Å². The summed E-state index contributed by atoms with van der Waals surface area (Å²) in [5, 5.41) is 10.9. The number of nitrogens with zero attached hydrogens (tertiary/aromatic N) is 4. The third-order valence-electron chi connectivity index (χ3n) is 5.11. The molecule has 3 heterocycles. The number of allylic oxidation sites excluding steroid dienone is 1. The number of anilines is 1. The van der Waals surface area contributed by atoms with Gasteiger partial charge in [-0.15, -0.1) is 0 Å². The first kappa shape index (κ1) is 17.4. The SMILES string of the molecule is N#C/C(=C\c1cc2ccccc2nc1N1CCOCC1)c1nc2ccccc2[nH]1. The number of nitriles is 1. The molecule has 0 saturated carbocycles. The lowest BCUT2D eigenvalue weighted by Gasteiger charge is -2.29. The van der Waals surface area contributed by atoms with E-state index < -0.39 is 0 Å². The molecule has 1 aliphatic heterocycles. The van der Waals surface area contributed by atoms with E-state index in [-0.39, 0.29) is 0 Å². The number of morpholine rings is 1. The van der Waals surface area contributed by atoms with Crippen molar-refractivity contribution in [2.24, 2.45) is 0 Å². The average molecular weight is 381 g/mol. The first-order valence-corrected chi connectivity index (χ1v) is 9.61. The predicted molar refractivity (Wildman–Crippen MR) is 114 cm³/mol. The van der Waals surface area contributed by atoms with Crippen LogP contribution in [0.5, 0.6) is 0 Å². The molecule has 0 atom stereocenters. The number of para-hydroxylation sites is 3. The lowest BCUT2D eigenvalue weighted by molar-refractivity contribution is 0.122. The minimum absolute atomic E-state index is 0.479. The summed E-state index contributed by atoms with van der Waals surface area (Å²) in [5.74, 6) is 1.44. The number of ether oxygens (including phenoxy) is 1. The Kier molecular flexibility index (Phi) is 4.43. The number of H-pyrrole nitrogens is 1. The summed E-state index contributed by atoms with van der Waals surface area (Å²) in [6, 6.07) is 20.2. The highest BCUT2D eigenvalue weighted by atomic mass is 16.5. The number of pyridine rings is 1. The minimum atomic E-state index is 0.479. The van der Waals surface area contributed by atoms with E-state index in [2.05, 4.69) is 27.0 Å². The third-order valence-corrected chi connectivity index (χ3v) is 5.11.